The van der Waals surface area contributed by atoms with Crippen LogP contribution in [-0.2, 0) is 11.2 Å². The maximum absolute atomic E-state index is 12.9. The van der Waals surface area contributed by atoms with Crippen LogP contribution in [-0.4, -0.2) is 43.1 Å². The van der Waals surface area contributed by atoms with Gasteiger partial charge in [-0.3, -0.25) is 4.79 Å². The highest BCUT2D eigenvalue weighted by molar-refractivity contribution is 7.18. The van der Waals surface area contributed by atoms with Crippen LogP contribution < -0.4 is 9.47 Å². The van der Waals surface area contributed by atoms with Crippen LogP contribution in [0.1, 0.15) is 29.3 Å². The lowest BCUT2D eigenvalue weighted by Gasteiger charge is -2.32. The largest absolute Gasteiger partial charge is 0.493 e. The molecule has 6 heteroatoms. The van der Waals surface area contributed by atoms with Crippen molar-refractivity contribution in [3.8, 4) is 11.5 Å². The number of piperidine rings is 1. The summed E-state index contributed by atoms with van der Waals surface area (Å²) in [5, 5.41) is 1.14. The Morgan fingerprint density at radius 3 is 2.79 bits per heavy atom. The van der Waals surface area contributed by atoms with E-state index in [2.05, 4.69) is 12.1 Å². The van der Waals surface area contributed by atoms with Gasteiger partial charge in [0.25, 0.3) is 0 Å². The number of nitrogens with zero attached hydrogens (tertiary/aromatic N) is 2. The lowest BCUT2D eigenvalue weighted by Crippen LogP contribution is -2.39. The van der Waals surface area contributed by atoms with Crippen molar-refractivity contribution in [1.82, 2.24) is 9.88 Å². The summed E-state index contributed by atoms with van der Waals surface area (Å²) in [6.07, 6.45) is 2.46. The van der Waals surface area contributed by atoms with Crippen LogP contribution >= 0.6 is 11.3 Å². The zero-order chi connectivity index (χ0) is 19.5. The molecule has 1 saturated heterocycles. The van der Waals surface area contributed by atoms with E-state index in [4.69, 9.17) is 14.5 Å². The van der Waals surface area contributed by atoms with Gasteiger partial charge in [-0.1, -0.05) is 18.2 Å². The molecule has 0 spiro atoms. The Kier molecular flexibility index (Phi) is 5.48. The highest BCUT2D eigenvalue weighted by Crippen LogP contribution is 2.33. The van der Waals surface area contributed by atoms with E-state index in [0.29, 0.717) is 23.8 Å². The van der Waals surface area contributed by atoms with Crippen LogP contribution in [0.4, 0.5) is 0 Å². The number of para-hydroxylation sites is 1. The van der Waals surface area contributed by atoms with E-state index < -0.39 is 0 Å². The predicted molar refractivity (Wildman–Crippen MR) is 111 cm³/mol. The molecule has 28 heavy (non-hydrogen) atoms. The molecule has 1 aliphatic rings. The number of thiazole rings is 1. The number of aromatic nitrogens is 1. The van der Waals surface area contributed by atoms with Crippen LogP contribution in [0.2, 0.25) is 0 Å². The number of rotatable bonds is 5. The molecule has 1 amide bonds. The number of hydrogen-bond acceptors (Lipinski definition) is 5. The molecule has 0 bridgehead atoms. The molecule has 3 aromatic rings. The van der Waals surface area contributed by atoms with Crippen LogP contribution in [0.25, 0.3) is 10.2 Å². The summed E-state index contributed by atoms with van der Waals surface area (Å²) in [7, 11) is 3.22. The minimum atomic E-state index is 0.151. The SMILES string of the molecule is COc1ccc(CC(=O)N2CCC[C@@H](c3nc4ccccc4s3)C2)cc1OC. The number of methoxy groups -OCH3 is 2. The average Bonchev–Trinajstić information content (AvgIpc) is 3.18. The molecule has 1 aliphatic heterocycles. The monoisotopic (exact) mass is 396 g/mol. The molecule has 4 rings (SSSR count). The number of carbonyl (C=O) groups is 1. The summed E-state index contributed by atoms with van der Waals surface area (Å²) in [5.41, 5.74) is 1.99. The summed E-state index contributed by atoms with van der Waals surface area (Å²) in [4.78, 5) is 19.7. The second-order valence-electron chi connectivity index (χ2n) is 7.06. The first-order valence-corrected chi connectivity index (χ1v) is 10.3. The molecule has 0 unspecified atom stereocenters. The number of likely N-dealkylation sites (tertiary alicyclic amines) is 1. The van der Waals surface area contributed by atoms with Gasteiger partial charge in [0.05, 0.1) is 35.9 Å². The normalized spacial score (nSPS) is 16.9. The van der Waals surface area contributed by atoms with Gasteiger partial charge in [0.15, 0.2) is 11.5 Å². The standard InChI is InChI=1S/C22H24N2O3S/c1-26-18-10-9-15(12-19(18)27-2)13-21(25)24-11-5-6-16(14-24)22-23-17-7-3-4-8-20(17)28-22/h3-4,7-10,12,16H,5-6,11,13-14H2,1-2H3/t16-/m1/s1. The van der Waals surface area contributed by atoms with Crippen molar-refractivity contribution in [2.75, 3.05) is 27.3 Å². The van der Waals surface area contributed by atoms with Gasteiger partial charge in [-0.15, -0.1) is 11.3 Å². The van der Waals surface area contributed by atoms with E-state index in [1.54, 1.807) is 25.6 Å². The number of ether oxygens (including phenoxy) is 2. The fourth-order valence-corrected chi connectivity index (χ4v) is 4.84. The Labute approximate surface area is 168 Å². The van der Waals surface area contributed by atoms with Gasteiger partial charge in [-0.25, -0.2) is 4.98 Å². The Morgan fingerprint density at radius 1 is 1.18 bits per heavy atom. The van der Waals surface area contributed by atoms with E-state index in [9.17, 15) is 4.79 Å². The van der Waals surface area contributed by atoms with Gasteiger partial charge >= 0.3 is 0 Å². The van der Waals surface area contributed by atoms with Crippen molar-refractivity contribution < 1.29 is 14.3 Å². The van der Waals surface area contributed by atoms with Gasteiger partial charge in [-0.05, 0) is 42.7 Å². The third-order valence-electron chi connectivity index (χ3n) is 5.24. The van der Waals surface area contributed by atoms with Gasteiger partial charge < -0.3 is 14.4 Å². The van der Waals surface area contributed by atoms with Gasteiger partial charge in [-0.2, -0.15) is 0 Å². The van der Waals surface area contributed by atoms with Gasteiger partial charge in [0.2, 0.25) is 5.91 Å². The molecule has 0 aliphatic carbocycles. The molecule has 1 fully saturated rings. The quantitative estimate of drug-likeness (QED) is 0.647. The van der Waals surface area contributed by atoms with Crippen molar-refractivity contribution in [2.24, 2.45) is 0 Å². The zero-order valence-electron chi connectivity index (χ0n) is 16.2. The topological polar surface area (TPSA) is 51.7 Å². The summed E-state index contributed by atoms with van der Waals surface area (Å²) in [6.45, 7) is 1.56. The molecule has 0 saturated carbocycles. The molecule has 2 aromatic carbocycles. The Bertz CT molecular complexity index is 952. The van der Waals surface area contributed by atoms with Crippen molar-refractivity contribution >= 4 is 27.5 Å². The lowest BCUT2D eigenvalue weighted by atomic mass is 9.98. The molecule has 1 aromatic heterocycles. The molecular formula is C22H24N2O3S. The van der Waals surface area contributed by atoms with Crippen molar-refractivity contribution in [3.63, 3.8) is 0 Å². The average molecular weight is 397 g/mol. The molecule has 146 valence electrons. The molecular weight excluding hydrogens is 372 g/mol. The molecule has 0 N–H and O–H groups in total. The number of hydrogen-bond donors (Lipinski definition) is 0. The fraction of sp³-hybridized carbons (Fsp3) is 0.364. The summed E-state index contributed by atoms with van der Waals surface area (Å²) in [6, 6.07) is 13.9. The van der Waals surface area contributed by atoms with Crippen LogP contribution in [0, 0.1) is 0 Å². The van der Waals surface area contributed by atoms with E-state index in [-0.39, 0.29) is 5.91 Å². The molecule has 1 atom stereocenters. The number of fused-ring (bicyclic) bond motifs is 1. The lowest BCUT2D eigenvalue weighted by molar-refractivity contribution is -0.131. The minimum Gasteiger partial charge on any atom is -0.493 e. The van der Waals surface area contributed by atoms with Crippen LogP contribution in [0.15, 0.2) is 42.5 Å². The van der Waals surface area contributed by atoms with Gasteiger partial charge in [0.1, 0.15) is 0 Å². The first kappa shape index (κ1) is 18.7. The van der Waals surface area contributed by atoms with Crippen LogP contribution in [0.3, 0.4) is 0 Å². The predicted octanol–water partition coefficient (Wildman–Crippen LogP) is 4.26. The highest BCUT2D eigenvalue weighted by atomic mass is 32.1. The first-order valence-electron chi connectivity index (χ1n) is 9.52. The third-order valence-corrected chi connectivity index (χ3v) is 6.44. The number of benzene rings is 2. The summed E-state index contributed by atoms with van der Waals surface area (Å²) in [5.74, 6) is 1.80. The second kappa shape index (κ2) is 8.19. The van der Waals surface area contributed by atoms with E-state index in [0.717, 1.165) is 42.0 Å². The fourth-order valence-electron chi connectivity index (χ4n) is 3.75. The molecule has 5 nitrogen and oxygen atoms in total. The van der Waals surface area contributed by atoms with E-state index >= 15 is 0 Å². The highest BCUT2D eigenvalue weighted by Gasteiger charge is 2.27. The molecule has 2 heterocycles. The first-order chi connectivity index (χ1) is 13.7. The Morgan fingerprint density at radius 2 is 2.00 bits per heavy atom. The van der Waals surface area contributed by atoms with Crippen molar-refractivity contribution in [1.29, 1.82) is 0 Å². The smallest absolute Gasteiger partial charge is 0.227 e. The maximum Gasteiger partial charge on any atom is 0.227 e. The van der Waals surface area contributed by atoms with E-state index in [1.807, 2.05) is 35.2 Å². The number of amides is 1. The Hall–Kier alpha value is -2.60. The van der Waals surface area contributed by atoms with Crippen molar-refractivity contribution in [3.05, 3.63) is 53.0 Å². The summed E-state index contributed by atoms with van der Waals surface area (Å²) >= 11 is 1.75. The third kappa shape index (κ3) is 3.83. The maximum atomic E-state index is 12.9. The Balaban J connectivity index is 1.46. The second-order valence-corrected chi connectivity index (χ2v) is 8.13. The van der Waals surface area contributed by atoms with Crippen molar-refractivity contribution in [2.45, 2.75) is 25.2 Å². The van der Waals surface area contributed by atoms with E-state index in [1.165, 1.54) is 4.70 Å². The summed E-state index contributed by atoms with van der Waals surface area (Å²) < 4.78 is 11.8. The van der Waals surface area contributed by atoms with Crippen LogP contribution in [0.5, 0.6) is 11.5 Å². The zero-order valence-corrected chi connectivity index (χ0v) is 17.0. The molecule has 0 radical (unpaired) electrons. The minimum absolute atomic E-state index is 0.151. The number of carbonyl (C=O) groups excluding carboxylic acids is 1. The van der Waals surface area contributed by atoms with Gasteiger partial charge in [0, 0.05) is 19.0 Å².